The number of nitrogens with zero attached hydrogens (tertiary/aromatic N) is 4. The summed E-state index contributed by atoms with van der Waals surface area (Å²) in [5.74, 6) is 1.61. The molecule has 2 aromatic heterocycles. The van der Waals surface area contributed by atoms with Crippen LogP contribution in [0.5, 0.6) is 0 Å². The Hall–Kier alpha value is -1.53. The van der Waals surface area contributed by atoms with Crippen molar-refractivity contribution in [3.8, 4) is 11.6 Å². The molecule has 1 aliphatic heterocycles. The van der Waals surface area contributed by atoms with Gasteiger partial charge < -0.3 is 9.84 Å². The molecule has 2 aromatic rings. The Labute approximate surface area is 111 Å². The molecule has 1 N–H and O–H groups in total. The minimum atomic E-state index is -0.0694. The Kier molecular flexibility index (Phi) is 3.58. The number of hydrogen-bond donors (Lipinski definition) is 1. The first-order valence-electron chi connectivity index (χ1n) is 5.60. The minimum Gasteiger partial charge on any atom is -0.338 e. The maximum absolute atomic E-state index is 5.32. The summed E-state index contributed by atoms with van der Waals surface area (Å²) < 4.78 is 5.32. The molecule has 0 saturated carbocycles. The predicted octanol–water partition coefficient (Wildman–Crippen LogP) is 1.20. The van der Waals surface area contributed by atoms with E-state index in [-0.39, 0.29) is 17.8 Å². The van der Waals surface area contributed by atoms with Crippen molar-refractivity contribution in [2.75, 3.05) is 13.1 Å². The van der Waals surface area contributed by atoms with Gasteiger partial charge in [0.1, 0.15) is 0 Å². The van der Waals surface area contributed by atoms with Gasteiger partial charge in [-0.1, -0.05) is 5.16 Å². The van der Waals surface area contributed by atoms with Crippen molar-refractivity contribution in [3.63, 3.8) is 0 Å². The lowest BCUT2D eigenvalue weighted by Gasteiger charge is -2.15. The molecule has 0 amide bonds. The highest BCUT2D eigenvalue weighted by atomic mass is 35.5. The average molecular weight is 268 g/mol. The van der Waals surface area contributed by atoms with Crippen LogP contribution in [0.1, 0.15) is 19.2 Å². The van der Waals surface area contributed by atoms with Crippen LogP contribution < -0.4 is 5.32 Å². The Balaban J connectivity index is 0.00000120. The molecule has 1 aliphatic rings. The van der Waals surface area contributed by atoms with Gasteiger partial charge in [-0.3, -0.25) is 0 Å². The molecule has 0 aromatic carbocycles. The molecule has 7 heteroatoms. The third kappa shape index (κ3) is 2.21. The van der Waals surface area contributed by atoms with E-state index in [9.17, 15) is 0 Å². The zero-order valence-corrected chi connectivity index (χ0v) is 10.8. The summed E-state index contributed by atoms with van der Waals surface area (Å²) in [7, 11) is 0. The van der Waals surface area contributed by atoms with Crippen LogP contribution in [0.15, 0.2) is 23.0 Å². The molecular formula is C11H14ClN5O. The van der Waals surface area contributed by atoms with Gasteiger partial charge in [0.15, 0.2) is 0 Å². The van der Waals surface area contributed by atoms with E-state index >= 15 is 0 Å². The molecule has 96 valence electrons. The Morgan fingerprint density at radius 3 is 2.72 bits per heavy atom. The lowest BCUT2D eigenvalue weighted by atomic mass is 9.90. The third-order valence-electron chi connectivity index (χ3n) is 3.08. The monoisotopic (exact) mass is 267 g/mol. The van der Waals surface area contributed by atoms with Gasteiger partial charge in [-0.2, -0.15) is 4.98 Å². The highest BCUT2D eigenvalue weighted by molar-refractivity contribution is 5.85. The molecule has 1 fully saturated rings. The van der Waals surface area contributed by atoms with E-state index in [4.69, 9.17) is 4.52 Å². The molecule has 1 atom stereocenters. The second kappa shape index (κ2) is 4.99. The number of hydrogen-bond acceptors (Lipinski definition) is 6. The Morgan fingerprint density at radius 2 is 2.06 bits per heavy atom. The predicted molar refractivity (Wildman–Crippen MR) is 67.4 cm³/mol. The molecule has 1 saturated heterocycles. The van der Waals surface area contributed by atoms with Crippen molar-refractivity contribution in [2.45, 2.75) is 18.8 Å². The molecule has 0 radical (unpaired) electrons. The quantitative estimate of drug-likeness (QED) is 0.881. The standard InChI is InChI=1S/C11H13N5O.ClH/c1-11(3-6-12-7-11)10-15-9(16-17-10)8-13-4-2-5-14-8;/h2,4-5,12H,3,6-7H2,1H3;1H. The summed E-state index contributed by atoms with van der Waals surface area (Å²) in [6.07, 6.45) is 4.33. The van der Waals surface area contributed by atoms with Crippen LogP contribution in [0.2, 0.25) is 0 Å². The van der Waals surface area contributed by atoms with E-state index in [1.807, 2.05) is 0 Å². The van der Waals surface area contributed by atoms with E-state index in [1.54, 1.807) is 18.5 Å². The first-order valence-corrected chi connectivity index (χ1v) is 5.60. The fraction of sp³-hybridized carbons (Fsp3) is 0.455. The van der Waals surface area contributed by atoms with E-state index < -0.39 is 0 Å². The van der Waals surface area contributed by atoms with Crippen molar-refractivity contribution in [1.82, 2.24) is 25.4 Å². The normalized spacial score (nSPS) is 22.7. The fourth-order valence-corrected chi connectivity index (χ4v) is 1.97. The van der Waals surface area contributed by atoms with E-state index in [1.165, 1.54) is 0 Å². The maximum Gasteiger partial charge on any atom is 0.240 e. The summed E-state index contributed by atoms with van der Waals surface area (Å²) in [6.45, 7) is 3.97. The van der Waals surface area contributed by atoms with Crippen molar-refractivity contribution < 1.29 is 4.52 Å². The summed E-state index contributed by atoms with van der Waals surface area (Å²) in [6, 6.07) is 1.76. The molecule has 1 unspecified atom stereocenters. The molecule has 0 aliphatic carbocycles. The second-order valence-electron chi connectivity index (χ2n) is 4.48. The van der Waals surface area contributed by atoms with Gasteiger partial charge in [-0.05, 0) is 26.0 Å². The third-order valence-corrected chi connectivity index (χ3v) is 3.08. The second-order valence-corrected chi connectivity index (χ2v) is 4.48. The molecule has 0 spiro atoms. The van der Waals surface area contributed by atoms with Crippen molar-refractivity contribution in [3.05, 3.63) is 24.4 Å². The van der Waals surface area contributed by atoms with Gasteiger partial charge in [-0.25, -0.2) is 9.97 Å². The van der Waals surface area contributed by atoms with E-state index in [2.05, 4.69) is 32.3 Å². The molecule has 6 nitrogen and oxygen atoms in total. The van der Waals surface area contributed by atoms with Gasteiger partial charge in [0.05, 0.1) is 5.41 Å². The first-order chi connectivity index (χ1) is 8.28. The Bertz CT molecular complexity index is 509. The van der Waals surface area contributed by atoms with Crippen LogP contribution in [0.25, 0.3) is 11.6 Å². The number of rotatable bonds is 2. The van der Waals surface area contributed by atoms with Gasteiger partial charge >= 0.3 is 0 Å². The highest BCUT2D eigenvalue weighted by Crippen LogP contribution is 2.29. The molecule has 3 rings (SSSR count). The SMILES string of the molecule is CC1(c2nc(-c3ncccn3)no2)CCNC1.Cl. The molecule has 0 bridgehead atoms. The molecular weight excluding hydrogens is 254 g/mol. The van der Waals surface area contributed by atoms with Crippen LogP contribution in [0.4, 0.5) is 0 Å². The van der Waals surface area contributed by atoms with E-state index in [0.717, 1.165) is 19.5 Å². The van der Waals surface area contributed by atoms with Crippen molar-refractivity contribution >= 4 is 12.4 Å². The number of nitrogens with one attached hydrogen (secondary N) is 1. The van der Waals surface area contributed by atoms with Gasteiger partial charge in [0.2, 0.25) is 17.5 Å². The molecule has 3 heterocycles. The largest absolute Gasteiger partial charge is 0.338 e. The van der Waals surface area contributed by atoms with E-state index in [0.29, 0.717) is 17.5 Å². The zero-order chi connectivity index (χ0) is 11.7. The zero-order valence-electron chi connectivity index (χ0n) is 9.96. The summed E-state index contributed by atoms with van der Waals surface area (Å²) >= 11 is 0. The number of halogens is 1. The van der Waals surface area contributed by atoms with Gasteiger partial charge in [0.25, 0.3) is 0 Å². The maximum atomic E-state index is 5.32. The van der Waals surface area contributed by atoms with Crippen LogP contribution in [0.3, 0.4) is 0 Å². The lowest BCUT2D eigenvalue weighted by Crippen LogP contribution is -2.25. The highest BCUT2D eigenvalue weighted by Gasteiger charge is 2.36. The Morgan fingerprint density at radius 1 is 1.28 bits per heavy atom. The lowest BCUT2D eigenvalue weighted by molar-refractivity contribution is 0.306. The summed E-state index contributed by atoms with van der Waals surface area (Å²) in [4.78, 5) is 12.6. The van der Waals surface area contributed by atoms with Crippen LogP contribution >= 0.6 is 12.4 Å². The minimum absolute atomic E-state index is 0. The van der Waals surface area contributed by atoms with Crippen molar-refractivity contribution in [2.24, 2.45) is 0 Å². The summed E-state index contributed by atoms with van der Waals surface area (Å²) in [5, 5.41) is 7.24. The van der Waals surface area contributed by atoms with Crippen molar-refractivity contribution in [1.29, 1.82) is 0 Å². The van der Waals surface area contributed by atoms with Gasteiger partial charge in [0, 0.05) is 18.9 Å². The topological polar surface area (TPSA) is 76.7 Å². The first kappa shape index (κ1) is 12.9. The van der Waals surface area contributed by atoms with Crippen LogP contribution in [-0.4, -0.2) is 33.2 Å². The van der Waals surface area contributed by atoms with Crippen LogP contribution in [-0.2, 0) is 5.41 Å². The summed E-state index contributed by atoms with van der Waals surface area (Å²) in [5.41, 5.74) is -0.0694. The number of aromatic nitrogens is 4. The average Bonchev–Trinajstić information content (AvgIpc) is 2.99. The fourth-order valence-electron chi connectivity index (χ4n) is 1.97. The molecule has 18 heavy (non-hydrogen) atoms. The van der Waals surface area contributed by atoms with Crippen LogP contribution in [0, 0.1) is 0 Å². The van der Waals surface area contributed by atoms with Gasteiger partial charge in [-0.15, -0.1) is 12.4 Å². The smallest absolute Gasteiger partial charge is 0.240 e.